The molecule has 0 radical (unpaired) electrons. The predicted octanol–water partition coefficient (Wildman–Crippen LogP) is 1.33. The summed E-state index contributed by atoms with van der Waals surface area (Å²) >= 11 is 4.97. The number of carbonyl (C=O) groups excluding carboxylic acids is 1. The molecule has 1 aromatic rings. The molecule has 0 aromatic heterocycles. The monoisotopic (exact) mass is 234 g/mol. The molecule has 0 spiro atoms. The fourth-order valence-corrected chi connectivity index (χ4v) is 1.85. The second kappa shape index (κ2) is 4.61. The molecule has 0 saturated heterocycles. The number of hydrogen-bond donors (Lipinski definition) is 2. The average Bonchev–Trinajstić information content (AvgIpc) is 3.03. The van der Waals surface area contributed by atoms with Gasteiger partial charge in [-0.3, -0.25) is 4.79 Å². The Hall–Kier alpha value is -1.42. The van der Waals surface area contributed by atoms with Crippen LogP contribution in [0, 0.1) is 0 Å². The van der Waals surface area contributed by atoms with E-state index in [1.807, 2.05) is 30.3 Å². The molecule has 4 heteroatoms. The predicted molar refractivity (Wildman–Crippen MR) is 67.1 cm³/mol. The zero-order valence-electron chi connectivity index (χ0n) is 8.85. The molecule has 0 aliphatic heterocycles. The molecule has 1 amide bonds. The molecular formula is C12H14N2OS. The van der Waals surface area contributed by atoms with Gasteiger partial charge in [-0.2, -0.15) is 0 Å². The van der Waals surface area contributed by atoms with E-state index in [9.17, 15) is 4.79 Å². The van der Waals surface area contributed by atoms with Crippen molar-refractivity contribution in [2.75, 3.05) is 0 Å². The van der Waals surface area contributed by atoms with Crippen LogP contribution in [0.15, 0.2) is 30.3 Å². The van der Waals surface area contributed by atoms with Crippen LogP contribution in [0.1, 0.15) is 24.3 Å². The van der Waals surface area contributed by atoms with Crippen molar-refractivity contribution in [3.05, 3.63) is 35.9 Å². The number of nitrogens with one attached hydrogen (secondary N) is 1. The maximum Gasteiger partial charge on any atom is 0.234 e. The molecule has 3 nitrogen and oxygen atoms in total. The van der Waals surface area contributed by atoms with Gasteiger partial charge in [-0.05, 0) is 18.4 Å². The summed E-state index contributed by atoms with van der Waals surface area (Å²) < 4.78 is 0. The maximum atomic E-state index is 12.0. The minimum atomic E-state index is -0.503. The summed E-state index contributed by atoms with van der Waals surface area (Å²) in [6.07, 6.45) is 2.12. The van der Waals surface area contributed by atoms with Gasteiger partial charge in [0.25, 0.3) is 0 Å². The fraction of sp³-hybridized carbons (Fsp3) is 0.333. The Kier molecular flexibility index (Phi) is 3.19. The zero-order valence-corrected chi connectivity index (χ0v) is 9.67. The van der Waals surface area contributed by atoms with Crippen LogP contribution < -0.4 is 11.1 Å². The summed E-state index contributed by atoms with van der Waals surface area (Å²) in [7, 11) is 0. The highest BCUT2D eigenvalue weighted by Crippen LogP contribution is 2.22. The van der Waals surface area contributed by atoms with E-state index in [4.69, 9.17) is 18.0 Å². The lowest BCUT2D eigenvalue weighted by molar-refractivity contribution is -0.121. The van der Waals surface area contributed by atoms with E-state index in [0.29, 0.717) is 6.04 Å². The summed E-state index contributed by atoms with van der Waals surface area (Å²) in [4.78, 5) is 12.2. The van der Waals surface area contributed by atoms with Crippen molar-refractivity contribution in [2.45, 2.75) is 24.8 Å². The molecule has 1 atom stereocenters. The van der Waals surface area contributed by atoms with Crippen LogP contribution in [0.2, 0.25) is 0 Å². The molecule has 84 valence electrons. The van der Waals surface area contributed by atoms with Crippen LogP contribution in [0.4, 0.5) is 0 Å². The molecule has 0 bridgehead atoms. The van der Waals surface area contributed by atoms with E-state index >= 15 is 0 Å². The van der Waals surface area contributed by atoms with Gasteiger partial charge < -0.3 is 11.1 Å². The van der Waals surface area contributed by atoms with Crippen LogP contribution in [0.5, 0.6) is 0 Å². The van der Waals surface area contributed by atoms with Crippen molar-refractivity contribution in [2.24, 2.45) is 5.73 Å². The summed E-state index contributed by atoms with van der Waals surface area (Å²) in [5.41, 5.74) is 6.49. The van der Waals surface area contributed by atoms with Gasteiger partial charge in [0, 0.05) is 6.04 Å². The first-order valence-electron chi connectivity index (χ1n) is 5.33. The number of thiocarbonyl (C=S) groups is 1. The normalized spacial score (nSPS) is 16.5. The second-order valence-corrected chi connectivity index (χ2v) is 4.50. The van der Waals surface area contributed by atoms with Crippen LogP contribution in [0.3, 0.4) is 0 Å². The fourth-order valence-electron chi connectivity index (χ4n) is 1.60. The highest BCUT2D eigenvalue weighted by Gasteiger charge is 2.29. The van der Waals surface area contributed by atoms with Gasteiger partial charge in [0.2, 0.25) is 5.91 Å². The van der Waals surface area contributed by atoms with E-state index in [0.717, 1.165) is 18.4 Å². The quantitative estimate of drug-likeness (QED) is 0.773. The first kappa shape index (κ1) is 11.1. The van der Waals surface area contributed by atoms with Gasteiger partial charge in [-0.15, -0.1) is 0 Å². The van der Waals surface area contributed by atoms with Crippen molar-refractivity contribution in [3.8, 4) is 0 Å². The first-order chi connectivity index (χ1) is 7.68. The summed E-state index contributed by atoms with van der Waals surface area (Å²) in [6.45, 7) is 0. The molecular weight excluding hydrogens is 220 g/mol. The van der Waals surface area contributed by atoms with Gasteiger partial charge in [0.05, 0.1) is 4.99 Å². The topological polar surface area (TPSA) is 55.1 Å². The SMILES string of the molecule is NC(=S)C(C(=O)NC1CC1)c1ccccc1. The molecule has 1 saturated carbocycles. The van der Waals surface area contributed by atoms with Crippen molar-refractivity contribution in [1.29, 1.82) is 0 Å². The molecule has 16 heavy (non-hydrogen) atoms. The van der Waals surface area contributed by atoms with E-state index in [1.165, 1.54) is 0 Å². The summed E-state index contributed by atoms with van der Waals surface area (Å²) in [5.74, 6) is -0.585. The Labute approximate surface area is 100 Å². The van der Waals surface area contributed by atoms with E-state index in [2.05, 4.69) is 5.32 Å². The number of amides is 1. The minimum absolute atomic E-state index is 0.0822. The van der Waals surface area contributed by atoms with Gasteiger partial charge in [0.15, 0.2) is 0 Å². The van der Waals surface area contributed by atoms with Gasteiger partial charge in [0.1, 0.15) is 5.92 Å². The molecule has 1 aromatic carbocycles. The molecule has 1 aliphatic rings. The lowest BCUT2D eigenvalue weighted by Crippen LogP contribution is -2.37. The lowest BCUT2D eigenvalue weighted by atomic mass is 9.98. The summed E-state index contributed by atoms with van der Waals surface area (Å²) in [5, 5.41) is 2.93. The van der Waals surface area contributed by atoms with Crippen LogP contribution in [0.25, 0.3) is 0 Å². The number of rotatable bonds is 4. The van der Waals surface area contributed by atoms with Crippen molar-refractivity contribution >= 4 is 23.1 Å². The van der Waals surface area contributed by atoms with E-state index in [-0.39, 0.29) is 10.9 Å². The van der Waals surface area contributed by atoms with Crippen LogP contribution in [-0.2, 0) is 4.79 Å². The van der Waals surface area contributed by atoms with Crippen molar-refractivity contribution in [1.82, 2.24) is 5.32 Å². The second-order valence-electron chi connectivity index (χ2n) is 4.03. The summed E-state index contributed by atoms with van der Waals surface area (Å²) in [6, 6.07) is 9.73. The molecule has 0 heterocycles. The van der Waals surface area contributed by atoms with Gasteiger partial charge >= 0.3 is 0 Å². The maximum absolute atomic E-state index is 12.0. The third kappa shape index (κ3) is 2.58. The van der Waals surface area contributed by atoms with Gasteiger partial charge in [-0.1, -0.05) is 42.5 Å². The molecule has 1 fully saturated rings. The van der Waals surface area contributed by atoms with Gasteiger partial charge in [-0.25, -0.2) is 0 Å². The largest absolute Gasteiger partial charge is 0.392 e. The van der Waals surface area contributed by atoms with Crippen LogP contribution >= 0.6 is 12.2 Å². The molecule has 1 unspecified atom stereocenters. The average molecular weight is 234 g/mol. The highest BCUT2D eigenvalue weighted by molar-refractivity contribution is 7.80. The third-order valence-electron chi connectivity index (χ3n) is 2.60. The zero-order chi connectivity index (χ0) is 11.5. The smallest absolute Gasteiger partial charge is 0.234 e. The minimum Gasteiger partial charge on any atom is -0.392 e. The standard InChI is InChI=1S/C12H14N2OS/c13-11(16)10(8-4-2-1-3-5-8)12(15)14-9-6-7-9/h1-5,9-10H,6-7H2,(H2,13,16)(H,14,15). The van der Waals surface area contributed by atoms with Crippen LogP contribution in [-0.4, -0.2) is 16.9 Å². The van der Waals surface area contributed by atoms with E-state index < -0.39 is 5.92 Å². The number of carbonyl (C=O) groups is 1. The Morgan fingerprint density at radius 2 is 2.00 bits per heavy atom. The van der Waals surface area contributed by atoms with Crippen molar-refractivity contribution in [3.63, 3.8) is 0 Å². The van der Waals surface area contributed by atoms with Crippen molar-refractivity contribution < 1.29 is 4.79 Å². The Morgan fingerprint density at radius 3 is 2.50 bits per heavy atom. The molecule has 1 aliphatic carbocycles. The number of benzene rings is 1. The number of hydrogen-bond acceptors (Lipinski definition) is 2. The Balaban J connectivity index is 2.16. The highest BCUT2D eigenvalue weighted by atomic mass is 32.1. The molecule has 2 rings (SSSR count). The van der Waals surface area contributed by atoms with E-state index in [1.54, 1.807) is 0 Å². The number of nitrogens with two attached hydrogens (primary N) is 1. The Morgan fingerprint density at radius 1 is 1.38 bits per heavy atom. The molecule has 3 N–H and O–H groups in total. The first-order valence-corrected chi connectivity index (χ1v) is 5.74. The lowest BCUT2D eigenvalue weighted by Gasteiger charge is -2.15. The third-order valence-corrected chi connectivity index (χ3v) is 2.84. The Bertz CT molecular complexity index is 401.